The van der Waals surface area contributed by atoms with Crippen molar-refractivity contribution in [2.45, 2.75) is 132 Å². The number of amides is 1. The number of pyridine rings is 2. The van der Waals surface area contributed by atoms with E-state index >= 15 is 0 Å². The average Bonchev–Trinajstić information content (AvgIpc) is 3.96. The lowest BCUT2D eigenvalue weighted by atomic mass is 9.57. The van der Waals surface area contributed by atoms with Gasteiger partial charge in [0, 0.05) is 93.8 Å². The van der Waals surface area contributed by atoms with E-state index in [2.05, 4.69) is 36.0 Å². The Labute approximate surface area is 416 Å². The SMILES string of the molecule is CCN1/C(=C/C=C/C=C/C2=[N+](CCCCCC(=O)NC34CCC(COc5ncc(-c6ccnc7[nH]ncc67)cc5C)(CC3)CC4)c3ccc(S(=O)(=O)O)cc3C2(C)C)C(C)(C)c2cc(S(=O)(=O)O)ccc21. The van der Waals surface area contributed by atoms with Crippen LogP contribution in [0.5, 0.6) is 5.88 Å². The smallest absolute Gasteiger partial charge is 0.294 e. The number of unbranched alkanes of at least 4 members (excludes halogenated alkanes) is 2. The Balaban J connectivity index is 0.803. The highest BCUT2D eigenvalue weighted by Gasteiger charge is 2.50. The number of aryl methyl sites for hydroxylation is 1. The number of rotatable bonds is 17. The number of aromatic nitrogens is 4. The molecule has 3 aromatic heterocycles. The zero-order valence-corrected chi connectivity index (χ0v) is 43.0. The lowest BCUT2D eigenvalue weighted by Crippen LogP contribution is -2.57. The molecule has 10 rings (SSSR count). The monoisotopic (exact) mass is 1000 g/mol. The minimum absolute atomic E-state index is 0.0718. The molecule has 5 heterocycles. The summed E-state index contributed by atoms with van der Waals surface area (Å²) in [5.74, 6) is 0.742. The second kappa shape index (κ2) is 18.9. The number of anilines is 1. The highest BCUT2D eigenvalue weighted by molar-refractivity contribution is 7.86. The van der Waals surface area contributed by atoms with Crippen molar-refractivity contribution in [2.24, 2.45) is 5.41 Å². The fourth-order valence-electron chi connectivity index (χ4n) is 11.5. The molecule has 71 heavy (non-hydrogen) atoms. The number of carbonyl (C=O) groups excluding carboxylic acids is 1. The number of H-pyrrole nitrogens is 1. The minimum Gasteiger partial charge on any atom is -0.477 e. The minimum atomic E-state index is -4.42. The molecule has 5 aliphatic rings. The standard InChI is InChI=1S/C54H63N7O8S2/c1-7-60-44-19-17-38(70(63,64)65)31-42(44)51(3,4)46(60)14-10-8-11-15-47-52(5,6)43-32-39(71(66,67)68)18-20-45(43)61(47)29-13-9-12-16-48(62)58-54-25-22-53(23-26-54,24-27-54)35-69-50-36(2)30-37(33-56-50)40-21-28-55-49-41(40)34-57-59-49/h8,10-11,14-15,17-21,28,30-34H,7,9,12-13,16,22-27,29,35H2,1-6H3,(H3-,55,57,58,59,62,63,64,65,66,67,68)/p+1. The molecule has 0 saturated heterocycles. The summed E-state index contributed by atoms with van der Waals surface area (Å²) in [7, 11) is -8.79. The number of benzene rings is 2. The van der Waals surface area contributed by atoms with E-state index in [1.165, 1.54) is 12.1 Å². The number of likely N-dealkylation sites (N-methyl/N-ethyl adjacent to an activating group) is 1. The Kier molecular flexibility index (Phi) is 13.3. The van der Waals surface area contributed by atoms with E-state index in [1.54, 1.807) is 36.7 Å². The van der Waals surface area contributed by atoms with Gasteiger partial charge in [-0.1, -0.05) is 32.1 Å². The van der Waals surface area contributed by atoms with Crippen LogP contribution in [0.4, 0.5) is 11.4 Å². The first-order valence-corrected chi connectivity index (χ1v) is 27.4. The number of allylic oxidation sites excluding steroid dienone is 6. The quantitative estimate of drug-likeness (QED) is 0.0297. The Morgan fingerprint density at radius 2 is 1.55 bits per heavy atom. The van der Waals surface area contributed by atoms with Crippen LogP contribution < -0.4 is 15.0 Å². The molecule has 0 unspecified atom stereocenters. The first-order valence-electron chi connectivity index (χ1n) is 24.6. The summed E-state index contributed by atoms with van der Waals surface area (Å²) in [6.07, 6.45) is 23.9. The number of ether oxygens (including phenoxy) is 1. The maximum atomic E-state index is 13.5. The molecule has 3 saturated carbocycles. The van der Waals surface area contributed by atoms with Gasteiger partial charge in [0.2, 0.25) is 17.5 Å². The highest BCUT2D eigenvalue weighted by atomic mass is 32.2. The van der Waals surface area contributed by atoms with Gasteiger partial charge in [-0.3, -0.25) is 19.0 Å². The van der Waals surface area contributed by atoms with Crippen LogP contribution >= 0.6 is 0 Å². The van der Waals surface area contributed by atoms with Gasteiger partial charge >= 0.3 is 0 Å². The fraction of sp³-hybridized carbons (Fsp3) is 0.426. The molecule has 3 aliphatic carbocycles. The normalized spacial score (nSPS) is 22.0. The number of hydrogen-bond acceptors (Lipinski definition) is 10. The predicted octanol–water partition coefficient (Wildman–Crippen LogP) is 9.86. The van der Waals surface area contributed by atoms with Crippen molar-refractivity contribution in [3.8, 4) is 17.0 Å². The second-order valence-corrected chi connectivity index (χ2v) is 23.7. The van der Waals surface area contributed by atoms with Crippen LogP contribution in [-0.2, 0) is 35.9 Å². The maximum absolute atomic E-state index is 13.5. The van der Waals surface area contributed by atoms with Crippen LogP contribution in [0.3, 0.4) is 0 Å². The third-order valence-electron chi connectivity index (χ3n) is 15.7. The van der Waals surface area contributed by atoms with E-state index in [0.29, 0.717) is 32.0 Å². The first kappa shape index (κ1) is 50.0. The molecule has 5 aromatic rings. The van der Waals surface area contributed by atoms with Crippen LogP contribution in [0.15, 0.2) is 113 Å². The third kappa shape index (κ3) is 9.73. The van der Waals surface area contributed by atoms with Crippen molar-refractivity contribution in [2.75, 3.05) is 24.6 Å². The van der Waals surface area contributed by atoms with Crippen molar-refractivity contribution >= 4 is 54.3 Å². The largest absolute Gasteiger partial charge is 0.477 e. The molecule has 3 fully saturated rings. The summed E-state index contributed by atoms with van der Waals surface area (Å²) in [6.45, 7) is 14.1. The summed E-state index contributed by atoms with van der Waals surface area (Å²) in [6, 6.07) is 13.5. The summed E-state index contributed by atoms with van der Waals surface area (Å²) in [5.41, 5.74) is 7.79. The van der Waals surface area contributed by atoms with Crippen LogP contribution in [0.25, 0.3) is 22.2 Å². The van der Waals surface area contributed by atoms with Gasteiger partial charge in [0.25, 0.3) is 20.2 Å². The molecule has 0 atom stereocenters. The first-order chi connectivity index (χ1) is 33.6. The van der Waals surface area contributed by atoms with Crippen molar-refractivity contribution < 1.29 is 40.0 Å². The number of nitrogens with zero attached hydrogens (tertiary/aromatic N) is 5. The number of fused-ring (bicyclic) bond motifs is 6. The van der Waals surface area contributed by atoms with Gasteiger partial charge in [-0.05, 0) is 139 Å². The average molecular weight is 1000 g/mol. The van der Waals surface area contributed by atoms with Gasteiger partial charge in [0.15, 0.2) is 11.4 Å². The Bertz CT molecular complexity index is 3250. The molecule has 0 spiro atoms. The zero-order chi connectivity index (χ0) is 50.6. The molecule has 2 aliphatic heterocycles. The maximum Gasteiger partial charge on any atom is 0.294 e. The lowest BCUT2D eigenvalue weighted by Gasteiger charge is -2.53. The molecule has 17 heteroatoms. The van der Waals surface area contributed by atoms with Crippen LogP contribution in [0.2, 0.25) is 0 Å². The predicted molar refractivity (Wildman–Crippen MR) is 275 cm³/mol. The van der Waals surface area contributed by atoms with Gasteiger partial charge in [0.05, 0.1) is 28.0 Å². The second-order valence-electron chi connectivity index (χ2n) is 20.9. The summed E-state index contributed by atoms with van der Waals surface area (Å²) >= 11 is 0. The van der Waals surface area contributed by atoms with Crippen molar-refractivity contribution in [1.82, 2.24) is 25.5 Å². The number of carbonyl (C=O) groups is 1. The molecule has 2 aromatic carbocycles. The van der Waals surface area contributed by atoms with Gasteiger partial charge < -0.3 is 15.0 Å². The van der Waals surface area contributed by atoms with E-state index in [-0.39, 0.29) is 26.7 Å². The van der Waals surface area contributed by atoms with E-state index in [4.69, 9.17) is 9.72 Å². The van der Waals surface area contributed by atoms with Gasteiger partial charge in [-0.15, -0.1) is 0 Å². The van der Waals surface area contributed by atoms with Crippen LogP contribution in [-0.4, -0.2) is 87.5 Å². The van der Waals surface area contributed by atoms with Crippen molar-refractivity contribution in [1.29, 1.82) is 0 Å². The molecule has 374 valence electrons. The fourth-order valence-corrected chi connectivity index (χ4v) is 12.5. The van der Waals surface area contributed by atoms with Gasteiger partial charge in [0.1, 0.15) is 6.54 Å². The van der Waals surface area contributed by atoms with E-state index in [0.717, 1.165) is 119 Å². The van der Waals surface area contributed by atoms with Crippen LogP contribution in [0.1, 0.15) is 116 Å². The lowest BCUT2D eigenvalue weighted by molar-refractivity contribution is -0.438. The molecule has 2 bridgehead atoms. The summed E-state index contributed by atoms with van der Waals surface area (Å²) < 4.78 is 76.7. The molecule has 15 nitrogen and oxygen atoms in total. The van der Waals surface area contributed by atoms with Gasteiger partial charge in [-0.2, -0.15) is 26.5 Å². The third-order valence-corrected chi connectivity index (χ3v) is 17.4. The summed E-state index contributed by atoms with van der Waals surface area (Å²) in [4.78, 5) is 24.4. The van der Waals surface area contributed by atoms with E-state index in [1.807, 2.05) is 84.2 Å². The number of hydrogen-bond donors (Lipinski definition) is 4. The Morgan fingerprint density at radius 3 is 2.24 bits per heavy atom. The summed E-state index contributed by atoms with van der Waals surface area (Å²) in [5, 5.41) is 11.5. The zero-order valence-electron chi connectivity index (χ0n) is 41.3. The number of nitrogens with one attached hydrogen (secondary N) is 2. The van der Waals surface area contributed by atoms with E-state index < -0.39 is 31.1 Å². The van der Waals surface area contributed by atoms with E-state index in [9.17, 15) is 30.7 Å². The molecule has 0 radical (unpaired) electrons. The number of aromatic amines is 1. The van der Waals surface area contributed by atoms with Crippen LogP contribution in [0, 0.1) is 12.3 Å². The molecule has 1 amide bonds. The molecule has 4 N–H and O–H groups in total. The van der Waals surface area contributed by atoms with Gasteiger partial charge in [-0.25, -0.2) is 9.97 Å². The molecular formula is C54H64N7O8S2+. The highest BCUT2D eigenvalue weighted by Crippen LogP contribution is 2.53. The Morgan fingerprint density at radius 1 is 0.845 bits per heavy atom. The topological polar surface area (TPSA) is 208 Å². The van der Waals surface area contributed by atoms with Crippen molar-refractivity contribution in [3.63, 3.8) is 0 Å². The van der Waals surface area contributed by atoms with Crippen molar-refractivity contribution in [3.05, 3.63) is 120 Å². The molecular weight excluding hydrogens is 939 g/mol. The Hall–Kier alpha value is -6.01.